The lowest BCUT2D eigenvalue weighted by Crippen LogP contribution is -2.21. The minimum atomic E-state index is -1.17. The first kappa shape index (κ1) is 11.1. The molecule has 2 rings (SSSR count). The Morgan fingerprint density at radius 1 is 1.38 bits per heavy atom. The van der Waals surface area contributed by atoms with Crippen molar-refractivity contribution in [2.75, 3.05) is 6.61 Å². The van der Waals surface area contributed by atoms with Crippen LogP contribution in [-0.2, 0) is 0 Å². The molecule has 0 amide bonds. The van der Waals surface area contributed by atoms with Crippen molar-refractivity contribution in [2.24, 2.45) is 0 Å². The molecular formula is C11H14N2O3. The smallest absolute Gasteiger partial charge is 0.107 e. The highest BCUT2D eigenvalue weighted by Crippen LogP contribution is 2.21. The number of nitrogens with one attached hydrogen (secondary N) is 1. The molecule has 1 aromatic carbocycles. The van der Waals surface area contributed by atoms with Gasteiger partial charge in [-0.1, -0.05) is 6.07 Å². The van der Waals surface area contributed by atoms with Crippen LogP contribution in [0.15, 0.2) is 18.2 Å². The number of imidazole rings is 1. The van der Waals surface area contributed by atoms with Gasteiger partial charge in [-0.15, -0.1) is 0 Å². The summed E-state index contributed by atoms with van der Waals surface area (Å²) >= 11 is 0. The number of aromatic nitrogens is 2. The van der Waals surface area contributed by atoms with Gasteiger partial charge in [-0.2, -0.15) is 0 Å². The third-order valence-electron chi connectivity index (χ3n) is 2.52. The van der Waals surface area contributed by atoms with E-state index in [0.717, 1.165) is 16.9 Å². The summed E-state index contributed by atoms with van der Waals surface area (Å²) in [4.78, 5) is 7.27. The van der Waals surface area contributed by atoms with Gasteiger partial charge in [-0.3, -0.25) is 0 Å². The van der Waals surface area contributed by atoms with Crippen molar-refractivity contribution in [1.29, 1.82) is 0 Å². The van der Waals surface area contributed by atoms with Crippen molar-refractivity contribution in [1.82, 2.24) is 9.97 Å². The molecule has 5 heteroatoms. The molecule has 4 N–H and O–H groups in total. The van der Waals surface area contributed by atoms with Crippen molar-refractivity contribution >= 4 is 11.0 Å². The summed E-state index contributed by atoms with van der Waals surface area (Å²) in [5, 5.41) is 27.8. The van der Waals surface area contributed by atoms with E-state index in [-0.39, 0.29) is 0 Å². The number of aliphatic hydroxyl groups excluding tert-OH is 3. The van der Waals surface area contributed by atoms with Crippen molar-refractivity contribution in [3.63, 3.8) is 0 Å². The van der Waals surface area contributed by atoms with E-state index in [4.69, 9.17) is 5.11 Å². The maximum atomic E-state index is 9.71. The summed E-state index contributed by atoms with van der Waals surface area (Å²) in [6.07, 6.45) is -2.25. The Hall–Kier alpha value is -1.43. The summed E-state index contributed by atoms with van der Waals surface area (Å²) in [7, 11) is 0. The zero-order chi connectivity index (χ0) is 11.7. The maximum absolute atomic E-state index is 9.71. The molecule has 0 bridgehead atoms. The lowest BCUT2D eigenvalue weighted by Gasteiger charge is -2.15. The first-order chi connectivity index (χ1) is 7.61. The number of nitrogens with zero attached hydrogens (tertiary/aromatic N) is 1. The zero-order valence-corrected chi connectivity index (χ0v) is 8.88. The molecule has 86 valence electrons. The number of rotatable bonds is 3. The van der Waals surface area contributed by atoms with Gasteiger partial charge in [0.15, 0.2) is 0 Å². The van der Waals surface area contributed by atoms with Crippen LogP contribution in [0.2, 0.25) is 0 Å². The molecule has 0 aliphatic carbocycles. The predicted octanol–water partition coefficient (Wildman–Crippen LogP) is 0.258. The van der Waals surface area contributed by atoms with E-state index in [9.17, 15) is 10.2 Å². The molecule has 0 aliphatic heterocycles. The number of benzene rings is 1. The Labute approximate surface area is 92.4 Å². The van der Waals surface area contributed by atoms with Gasteiger partial charge in [0.1, 0.15) is 18.0 Å². The summed E-state index contributed by atoms with van der Waals surface area (Å²) in [5.41, 5.74) is 2.17. The van der Waals surface area contributed by atoms with Crippen molar-refractivity contribution in [3.8, 4) is 0 Å². The highest BCUT2D eigenvalue weighted by Gasteiger charge is 2.17. The molecule has 0 spiro atoms. The number of aliphatic hydroxyl groups is 3. The summed E-state index contributed by atoms with van der Waals surface area (Å²) in [6, 6.07) is 5.17. The largest absolute Gasteiger partial charge is 0.394 e. The van der Waals surface area contributed by atoms with Crippen LogP contribution in [0.1, 0.15) is 17.5 Å². The molecule has 1 heterocycles. The molecule has 0 fully saturated rings. The van der Waals surface area contributed by atoms with E-state index >= 15 is 0 Å². The molecule has 0 aliphatic rings. The highest BCUT2D eigenvalue weighted by molar-refractivity contribution is 5.75. The first-order valence-corrected chi connectivity index (χ1v) is 5.05. The second-order valence-electron chi connectivity index (χ2n) is 3.79. The molecule has 1 aromatic heterocycles. The molecular weight excluding hydrogens is 208 g/mol. The standard InChI is InChI=1S/C11H14N2O3/c1-6-12-8-3-2-7(4-9(8)13-6)11(16)10(15)5-14/h2-4,10-11,14-16H,5H2,1H3,(H,12,13). The quantitative estimate of drug-likeness (QED) is 0.599. The molecule has 2 unspecified atom stereocenters. The van der Waals surface area contributed by atoms with Crippen LogP contribution < -0.4 is 0 Å². The van der Waals surface area contributed by atoms with Gasteiger partial charge < -0.3 is 20.3 Å². The Balaban J connectivity index is 2.38. The summed E-state index contributed by atoms with van der Waals surface area (Å²) < 4.78 is 0. The average Bonchev–Trinajstić information content (AvgIpc) is 2.65. The Morgan fingerprint density at radius 3 is 2.81 bits per heavy atom. The van der Waals surface area contributed by atoms with E-state index in [1.54, 1.807) is 18.2 Å². The number of hydrogen-bond acceptors (Lipinski definition) is 4. The van der Waals surface area contributed by atoms with Crippen LogP contribution >= 0.6 is 0 Å². The second-order valence-corrected chi connectivity index (χ2v) is 3.79. The molecule has 0 radical (unpaired) electrons. The average molecular weight is 222 g/mol. The fourth-order valence-corrected chi connectivity index (χ4v) is 1.66. The van der Waals surface area contributed by atoms with E-state index < -0.39 is 18.8 Å². The number of aromatic amines is 1. The summed E-state index contributed by atoms with van der Waals surface area (Å²) in [6.45, 7) is 1.37. The van der Waals surface area contributed by atoms with E-state index in [1.165, 1.54) is 0 Å². The second kappa shape index (κ2) is 4.21. The van der Waals surface area contributed by atoms with Gasteiger partial charge in [0.05, 0.1) is 17.6 Å². The predicted molar refractivity (Wildman–Crippen MR) is 58.9 cm³/mol. The van der Waals surface area contributed by atoms with Crippen LogP contribution in [0.3, 0.4) is 0 Å². The van der Waals surface area contributed by atoms with Crippen LogP contribution in [0, 0.1) is 6.92 Å². The van der Waals surface area contributed by atoms with Gasteiger partial charge in [-0.05, 0) is 24.6 Å². The van der Waals surface area contributed by atoms with E-state index in [2.05, 4.69) is 9.97 Å². The highest BCUT2D eigenvalue weighted by atomic mass is 16.4. The molecule has 5 nitrogen and oxygen atoms in total. The van der Waals surface area contributed by atoms with Crippen molar-refractivity contribution < 1.29 is 15.3 Å². The molecule has 16 heavy (non-hydrogen) atoms. The Kier molecular flexibility index (Phi) is 2.91. The van der Waals surface area contributed by atoms with Crippen molar-refractivity contribution in [3.05, 3.63) is 29.6 Å². The Bertz CT molecular complexity index is 495. The summed E-state index contributed by atoms with van der Waals surface area (Å²) in [5.74, 6) is 0.796. The number of aryl methyl sites for hydroxylation is 1. The van der Waals surface area contributed by atoms with Crippen molar-refractivity contribution in [2.45, 2.75) is 19.1 Å². The molecule has 2 atom stereocenters. The number of H-pyrrole nitrogens is 1. The number of hydrogen-bond donors (Lipinski definition) is 4. The van der Waals surface area contributed by atoms with E-state index in [0.29, 0.717) is 5.56 Å². The van der Waals surface area contributed by atoms with Crippen LogP contribution in [0.5, 0.6) is 0 Å². The first-order valence-electron chi connectivity index (χ1n) is 5.05. The third-order valence-corrected chi connectivity index (χ3v) is 2.52. The van der Waals surface area contributed by atoms with Gasteiger partial charge in [0, 0.05) is 0 Å². The Morgan fingerprint density at radius 2 is 2.12 bits per heavy atom. The number of fused-ring (bicyclic) bond motifs is 1. The molecule has 0 saturated heterocycles. The lowest BCUT2D eigenvalue weighted by molar-refractivity contribution is -0.0152. The normalized spacial score (nSPS) is 15.2. The third kappa shape index (κ3) is 1.92. The topological polar surface area (TPSA) is 89.4 Å². The van der Waals surface area contributed by atoms with Gasteiger partial charge in [-0.25, -0.2) is 4.98 Å². The van der Waals surface area contributed by atoms with Crippen LogP contribution in [0.4, 0.5) is 0 Å². The fraction of sp³-hybridized carbons (Fsp3) is 0.364. The zero-order valence-electron chi connectivity index (χ0n) is 8.88. The minimum Gasteiger partial charge on any atom is -0.394 e. The minimum absolute atomic E-state index is 0.471. The lowest BCUT2D eigenvalue weighted by atomic mass is 10.0. The van der Waals surface area contributed by atoms with Gasteiger partial charge >= 0.3 is 0 Å². The van der Waals surface area contributed by atoms with Crippen LogP contribution in [0.25, 0.3) is 11.0 Å². The molecule has 2 aromatic rings. The van der Waals surface area contributed by atoms with Gasteiger partial charge in [0.2, 0.25) is 0 Å². The SMILES string of the molecule is Cc1nc2ccc(C(O)C(O)CO)cc2[nH]1. The van der Waals surface area contributed by atoms with E-state index in [1.807, 2.05) is 6.92 Å². The maximum Gasteiger partial charge on any atom is 0.107 e. The molecule has 0 saturated carbocycles. The van der Waals surface area contributed by atoms with Gasteiger partial charge in [0.25, 0.3) is 0 Å². The fourth-order valence-electron chi connectivity index (χ4n) is 1.66. The van der Waals surface area contributed by atoms with Crippen LogP contribution in [-0.4, -0.2) is 38.0 Å². The monoisotopic (exact) mass is 222 g/mol.